The molecule has 0 aliphatic carbocycles. The molecule has 1 aromatic heterocycles. The molecule has 2 heterocycles. The van der Waals surface area contributed by atoms with E-state index in [2.05, 4.69) is 15.0 Å². The van der Waals surface area contributed by atoms with Gasteiger partial charge in [-0.2, -0.15) is 4.98 Å². The van der Waals surface area contributed by atoms with Gasteiger partial charge >= 0.3 is 0 Å². The van der Waals surface area contributed by atoms with Crippen LogP contribution in [-0.2, 0) is 6.54 Å². The van der Waals surface area contributed by atoms with Crippen molar-refractivity contribution in [2.24, 2.45) is 0 Å². The maximum Gasteiger partial charge on any atom is 0.257 e. The van der Waals surface area contributed by atoms with E-state index in [1.165, 1.54) is 0 Å². The van der Waals surface area contributed by atoms with Gasteiger partial charge in [-0.1, -0.05) is 23.4 Å². The van der Waals surface area contributed by atoms with Gasteiger partial charge in [0.05, 0.1) is 12.1 Å². The molecule has 1 unspecified atom stereocenters. The molecule has 5 nitrogen and oxygen atoms in total. The largest absolute Gasteiger partial charge is 0.389 e. The van der Waals surface area contributed by atoms with E-state index < -0.39 is 5.60 Å². The standard InChI is InChI=1S/C15H19N3O2/c1-15(19)8-5-9-18(11-15)10-13-16-14(20-17-13)12-6-3-2-4-7-12/h2-4,6-7,19H,5,8-11H2,1H3. The van der Waals surface area contributed by atoms with Gasteiger partial charge < -0.3 is 9.63 Å². The Bertz CT molecular complexity index is 566. The van der Waals surface area contributed by atoms with Gasteiger partial charge in [-0.05, 0) is 38.4 Å². The summed E-state index contributed by atoms with van der Waals surface area (Å²) in [6.07, 6.45) is 1.85. The summed E-state index contributed by atoms with van der Waals surface area (Å²) in [4.78, 5) is 6.59. The minimum atomic E-state index is -0.607. The highest BCUT2D eigenvalue weighted by Crippen LogP contribution is 2.22. The fourth-order valence-electron chi connectivity index (χ4n) is 2.67. The van der Waals surface area contributed by atoms with Crippen molar-refractivity contribution >= 4 is 0 Å². The summed E-state index contributed by atoms with van der Waals surface area (Å²) >= 11 is 0. The highest BCUT2D eigenvalue weighted by Gasteiger charge is 2.29. The molecule has 106 valence electrons. The van der Waals surface area contributed by atoms with Crippen LogP contribution in [-0.4, -0.2) is 38.8 Å². The molecule has 1 aromatic carbocycles. The van der Waals surface area contributed by atoms with Crippen LogP contribution in [0.5, 0.6) is 0 Å². The summed E-state index contributed by atoms with van der Waals surface area (Å²) in [5.74, 6) is 1.21. The number of benzene rings is 1. The number of hydrogen-bond acceptors (Lipinski definition) is 5. The monoisotopic (exact) mass is 273 g/mol. The number of β-amino-alcohol motifs (C(OH)–C–C–N with tert-alkyl or cyclic N) is 1. The van der Waals surface area contributed by atoms with Crippen molar-refractivity contribution in [1.82, 2.24) is 15.0 Å². The lowest BCUT2D eigenvalue weighted by atomic mass is 9.95. The van der Waals surface area contributed by atoms with Crippen LogP contribution in [0.4, 0.5) is 0 Å². The SMILES string of the molecule is CC1(O)CCCN(Cc2noc(-c3ccccc3)n2)C1. The highest BCUT2D eigenvalue weighted by molar-refractivity contribution is 5.51. The second-order valence-electron chi connectivity index (χ2n) is 5.69. The Morgan fingerprint density at radius 2 is 2.15 bits per heavy atom. The molecule has 5 heteroatoms. The van der Waals surface area contributed by atoms with Gasteiger partial charge in [0.2, 0.25) is 0 Å². The molecule has 0 saturated carbocycles. The summed E-state index contributed by atoms with van der Waals surface area (Å²) in [6.45, 7) is 4.12. The van der Waals surface area contributed by atoms with Crippen LogP contribution in [0.1, 0.15) is 25.6 Å². The molecule has 1 aliphatic rings. The van der Waals surface area contributed by atoms with Crippen LogP contribution in [0.15, 0.2) is 34.9 Å². The predicted molar refractivity (Wildman–Crippen MR) is 74.9 cm³/mol. The molecule has 20 heavy (non-hydrogen) atoms. The summed E-state index contributed by atoms with van der Waals surface area (Å²) in [6, 6.07) is 9.74. The summed E-state index contributed by atoms with van der Waals surface area (Å²) < 4.78 is 5.29. The third-order valence-corrected chi connectivity index (χ3v) is 3.61. The van der Waals surface area contributed by atoms with Crippen molar-refractivity contribution in [3.8, 4) is 11.5 Å². The van der Waals surface area contributed by atoms with E-state index in [-0.39, 0.29) is 0 Å². The Balaban J connectivity index is 1.69. The maximum absolute atomic E-state index is 10.1. The zero-order valence-electron chi connectivity index (χ0n) is 11.6. The Morgan fingerprint density at radius 3 is 2.90 bits per heavy atom. The number of nitrogens with zero attached hydrogens (tertiary/aromatic N) is 3. The first-order chi connectivity index (χ1) is 9.62. The lowest BCUT2D eigenvalue weighted by molar-refractivity contribution is -0.0190. The molecule has 1 fully saturated rings. The summed E-state index contributed by atoms with van der Waals surface area (Å²) in [5, 5.41) is 14.1. The maximum atomic E-state index is 10.1. The lowest BCUT2D eigenvalue weighted by Gasteiger charge is -2.36. The predicted octanol–water partition coefficient (Wildman–Crippen LogP) is 2.08. The van der Waals surface area contributed by atoms with Gasteiger partial charge in [0, 0.05) is 12.1 Å². The Morgan fingerprint density at radius 1 is 1.35 bits per heavy atom. The van der Waals surface area contributed by atoms with Crippen LogP contribution < -0.4 is 0 Å². The van der Waals surface area contributed by atoms with E-state index in [0.717, 1.165) is 24.9 Å². The lowest BCUT2D eigenvalue weighted by Crippen LogP contribution is -2.45. The molecular formula is C15H19N3O2. The molecule has 2 aromatic rings. The van der Waals surface area contributed by atoms with Crippen molar-refractivity contribution in [3.05, 3.63) is 36.2 Å². The molecule has 1 aliphatic heterocycles. The second-order valence-corrected chi connectivity index (χ2v) is 5.69. The highest BCUT2D eigenvalue weighted by atomic mass is 16.5. The number of likely N-dealkylation sites (tertiary alicyclic amines) is 1. The van der Waals surface area contributed by atoms with Crippen molar-refractivity contribution in [2.75, 3.05) is 13.1 Å². The zero-order chi connectivity index (χ0) is 14.0. The average Bonchev–Trinajstić information content (AvgIpc) is 2.87. The minimum Gasteiger partial charge on any atom is -0.389 e. The van der Waals surface area contributed by atoms with E-state index in [1.54, 1.807) is 0 Å². The normalized spacial score (nSPS) is 23.9. The molecule has 0 bridgehead atoms. The van der Waals surface area contributed by atoms with Gasteiger partial charge in [0.1, 0.15) is 0 Å². The van der Waals surface area contributed by atoms with Crippen molar-refractivity contribution in [2.45, 2.75) is 31.9 Å². The summed E-state index contributed by atoms with van der Waals surface area (Å²) in [5.41, 5.74) is 0.321. The van der Waals surface area contributed by atoms with E-state index in [0.29, 0.717) is 24.8 Å². The topological polar surface area (TPSA) is 62.4 Å². The Hall–Kier alpha value is -1.72. The van der Waals surface area contributed by atoms with Crippen LogP contribution in [0, 0.1) is 0 Å². The quantitative estimate of drug-likeness (QED) is 0.927. The Labute approximate surface area is 118 Å². The van der Waals surface area contributed by atoms with Crippen molar-refractivity contribution in [3.63, 3.8) is 0 Å². The van der Waals surface area contributed by atoms with E-state index in [1.807, 2.05) is 37.3 Å². The van der Waals surface area contributed by atoms with Crippen molar-refractivity contribution in [1.29, 1.82) is 0 Å². The minimum absolute atomic E-state index is 0.546. The van der Waals surface area contributed by atoms with E-state index in [9.17, 15) is 5.11 Å². The molecule has 0 spiro atoms. The number of hydrogen-bond donors (Lipinski definition) is 1. The molecule has 1 atom stereocenters. The van der Waals surface area contributed by atoms with Crippen LogP contribution >= 0.6 is 0 Å². The molecule has 0 amide bonds. The number of aromatic nitrogens is 2. The second kappa shape index (κ2) is 5.34. The van der Waals surface area contributed by atoms with Crippen LogP contribution in [0.3, 0.4) is 0 Å². The first kappa shape index (κ1) is 13.3. The van der Waals surface area contributed by atoms with Gasteiger partial charge in [0.15, 0.2) is 5.82 Å². The van der Waals surface area contributed by atoms with Crippen LogP contribution in [0.25, 0.3) is 11.5 Å². The molecule has 1 saturated heterocycles. The van der Waals surface area contributed by atoms with Gasteiger partial charge in [-0.15, -0.1) is 0 Å². The first-order valence-corrected chi connectivity index (χ1v) is 6.95. The molecular weight excluding hydrogens is 254 g/mol. The molecule has 1 N–H and O–H groups in total. The summed E-state index contributed by atoms with van der Waals surface area (Å²) in [7, 11) is 0. The fourth-order valence-corrected chi connectivity index (χ4v) is 2.67. The van der Waals surface area contributed by atoms with E-state index >= 15 is 0 Å². The van der Waals surface area contributed by atoms with Gasteiger partial charge in [-0.3, -0.25) is 4.90 Å². The van der Waals surface area contributed by atoms with E-state index in [4.69, 9.17) is 4.52 Å². The van der Waals surface area contributed by atoms with Crippen LogP contribution in [0.2, 0.25) is 0 Å². The zero-order valence-corrected chi connectivity index (χ0v) is 11.6. The van der Waals surface area contributed by atoms with Gasteiger partial charge in [-0.25, -0.2) is 0 Å². The molecule has 3 rings (SSSR count). The molecule has 0 radical (unpaired) electrons. The number of rotatable bonds is 3. The first-order valence-electron chi connectivity index (χ1n) is 6.95. The number of aliphatic hydroxyl groups is 1. The third-order valence-electron chi connectivity index (χ3n) is 3.61. The fraction of sp³-hybridized carbons (Fsp3) is 0.467. The van der Waals surface area contributed by atoms with Crippen molar-refractivity contribution < 1.29 is 9.63 Å². The third kappa shape index (κ3) is 3.05. The smallest absolute Gasteiger partial charge is 0.257 e. The average molecular weight is 273 g/mol. The number of piperidine rings is 1. The van der Waals surface area contributed by atoms with Gasteiger partial charge in [0.25, 0.3) is 5.89 Å². The Kier molecular flexibility index (Phi) is 3.54.